The number of halogens is 1. The molecule has 2 aromatic carbocycles. The summed E-state index contributed by atoms with van der Waals surface area (Å²) in [6.07, 6.45) is 0. The lowest BCUT2D eigenvalue weighted by molar-refractivity contribution is 0.565. The molecular formula is C16H18FNO2S. The van der Waals surface area contributed by atoms with E-state index in [1.165, 1.54) is 12.1 Å². The topological polar surface area (TPSA) is 46.2 Å². The zero-order valence-electron chi connectivity index (χ0n) is 12.0. The van der Waals surface area contributed by atoms with Crippen molar-refractivity contribution in [2.45, 2.75) is 25.6 Å². The average molecular weight is 307 g/mol. The fraction of sp³-hybridized carbons (Fsp3) is 0.250. The maximum atomic E-state index is 12.9. The average Bonchev–Trinajstić information content (AvgIpc) is 2.41. The maximum absolute atomic E-state index is 12.9. The molecule has 1 atom stereocenters. The molecule has 0 saturated carbocycles. The minimum absolute atomic E-state index is 0.0643. The number of aryl methyl sites for hydroxylation is 1. The third kappa shape index (κ3) is 4.37. The van der Waals surface area contributed by atoms with E-state index in [4.69, 9.17) is 0 Å². The van der Waals surface area contributed by atoms with Crippen LogP contribution in [0.2, 0.25) is 0 Å². The molecule has 0 amide bonds. The predicted octanol–water partition coefficient (Wildman–Crippen LogP) is 3.31. The lowest BCUT2D eigenvalue weighted by Crippen LogP contribution is -2.28. The minimum Gasteiger partial charge on any atom is -0.212 e. The van der Waals surface area contributed by atoms with Gasteiger partial charge in [-0.25, -0.2) is 17.5 Å². The quantitative estimate of drug-likeness (QED) is 0.921. The molecule has 0 saturated heterocycles. The highest BCUT2D eigenvalue weighted by molar-refractivity contribution is 7.88. The fourth-order valence-corrected chi connectivity index (χ4v) is 3.60. The van der Waals surface area contributed by atoms with E-state index < -0.39 is 16.1 Å². The number of rotatable bonds is 5. The second-order valence-corrected chi connectivity index (χ2v) is 6.83. The fourth-order valence-electron chi connectivity index (χ4n) is 2.11. The van der Waals surface area contributed by atoms with Crippen molar-refractivity contribution in [1.29, 1.82) is 0 Å². The SMILES string of the molecule is Cc1ccccc1CS(=O)(=O)N[C@H](C)c1ccc(F)cc1. The van der Waals surface area contributed by atoms with Gasteiger partial charge in [-0.3, -0.25) is 0 Å². The maximum Gasteiger partial charge on any atom is 0.216 e. The third-order valence-electron chi connectivity index (χ3n) is 3.33. The van der Waals surface area contributed by atoms with Crippen molar-refractivity contribution < 1.29 is 12.8 Å². The van der Waals surface area contributed by atoms with Crippen molar-refractivity contribution in [3.63, 3.8) is 0 Å². The van der Waals surface area contributed by atoms with Gasteiger partial charge in [-0.05, 0) is 42.7 Å². The van der Waals surface area contributed by atoms with Gasteiger partial charge in [0.25, 0.3) is 0 Å². The van der Waals surface area contributed by atoms with Gasteiger partial charge in [0.1, 0.15) is 5.82 Å². The van der Waals surface area contributed by atoms with E-state index in [-0.39, 0.29) is 11.6 Å². The molecule has 2 aromatic rings. The summed E-state index contributed by atoms with van der Waals surface area (Å²) in [6.45, 7) is 3.62. The number of hydrogen-bond donors (Lipinski definition) is 1. The second-order valence-electron chi connectivity index (χ2n) is 5.08. The van der Waals surface area contributed by atoms with Crippen LogP contribution in [0.4, 0.5) is 4.39 Å². The second kappa shape index (κ2) is 6.37. The van der Waals surface area contributed by atoms with Gasteiger partial charge in [-0.2, -0.15) is 0 Å². The van der Waals surface area contributed by atoms with Crippen molar-refractivity contribution in [2.24, 2.45) is 0 Å². The number of hydrogen-bond acceptors (Lipinski definition) is 2. The zero-order chi connectivity index (χ0) is 15.5. The molecule has 0 heterocycles. The van der Waals surface area contributed by atoms with Crippen LogP contribution in [0.1, 0.15) is 29.7 Å². The predicted molar refractivity (Wildman–Crippen MR) is 81.8 cm³/mol. The Morgan fingerprint density at radius 2 is 1.71 bits per heavy atom. The monoisotopic (exact) mass is 307 g/mol. The van der Waals surface area contributed by atoms with Crippen molar-refractivity contribution in [3.05, 3.63) is 71.0 Å². The summed E-state index contributed by atoms with van der Waals surface area (Å²) >= 11 is 0. The van der Waals surface area contributed by atoms with E-state index in [2.05, 4.69) is 4.72 Å². The smallest absolute Gasteiger partial charge is 0.212 e. The van der Waals surface area contributed by atoms with Gasteiger partial charge in [0.2, 0.25) is 10.0 Å². The summed E-state index contributed by atoms with van der Waals surface area (Å²) in [7, 11) is -3.46. The van der Waals surface area contributed by atoms with Crippen LogP contribution in [0.15, 0.2) is 48.5 Å². The summed E-state index contributed by atoms with van der Waals surface area (Å²) in [5.74, 6) is -0.403. The van der Waals surface area contributed by atoms with Crippen LogP contribution < -0.4 is 4.72 Å². The van der Waals surface area contributed by atoms with Crippen LogP contribution in [0.3, 0.4) is 0 Å². The van der Waals surface area contributed by atoms with Gasteiger partial charge in [-0.15, -0.1) is 0 Å². The molecule has 0 spiro atoms. The molecule has 112 valence electrons. The molecule has 21 heavy (non-hydrogen) atoms. The van der Waals surface area contributed by atoms with Gasteiger partial charge >= 0.3 is 0 Å². The number of nitrogens with one attached hydrogen (secondary N) is 1. The van der Waals surface area contributed by atoms with Crippen LogP contribution in [0, 0.1) is 12.7 Å². The Bertz CT molecular complexity index is 711. The molecule has 0 unspecified atom stereocenters. The van der Waals surface area contributed by atoms with Crippen LogP contribution in [0.5, 0.6) is 0 Å². The van der Waals surface area contributed by atoms with E-state index in [0.29, 0.717) is 0 Å². The first-order valence-electron chi connectivity index (χ1n) is 6.67. The summed E-state index contributed by atoms with van der Waals surface area (Å²) in [5.41, 5.74) is 2.44. The molecular weight excluding hydrogens is 289 g/mol. The molecule has 0 fully saturated rings. The molecule has 0 aromatic heterocycles. The molecule has 0 bridgehead atoms. The largest absolute Gasteiger partial charge is 0.216 e. The molecule has 0 radical (unpaired) electrons. The minimum atomic E-state index is -3.46. The van der Waals surface area contributed by atoms with E-state index in [0.717, 1.165) is 16.7 Å². The van der Waals surface area contributed by atoms with Gasteiger partial charge in [0.05, 0.1) is 5.75 Å². The summed E-state index contributed by atoms with van der Waals surface area (Å²) in [6, 6.07) is 12.8. The molecule has 1 N–H and O–H groups in total. The molecule has 2 rings (SSSR count). The highest BCUT2D eigenvalue weighted by atomic mass is 32.2. The zero-order valence-corrected chi connectivity index (χ0v) is 12.8. The standard InChI is InChI=1S/C16H18FNO2S/c1-12-5-3-4-6-15(12)11-21(19,20)18-13(2)14-7-9-16(17)10-8-14/h3-10,13,18H,11H2,1-2H3/t13-/m1/s1. The third-order valence-corrected chi connectivity index (χ3v) is 4.74. The van der Waals surface area contributed by atoms with Gasteiger partial charge in [-0.1, -0.05) is 36.4 Å². The van der Waals surface area contributed by atoms with Crippen LogP contribution in [0.25, 0.3) is 0 Å². The van der Waals surface area contributed by atoms with Crippen molar-refractivity contribution >= 4 is 10.0 Å². The summed E-state index contributed by atoms with van der Waals surface area (Å²) in [5, 5.41) is 0. The van der Waals surface area contributed by atoms with E-state index >= 15 is 0 Å². The molecule has 0 aliphatic heterocycles. The van der Waals surface area contributed by atoms with Crippen molar-refractivity contribution in [3.8, 4) is 0 Å². The van der Waals surface area contributed by atoms with Crippen molar-refractivity contribution in [1.82, 2.24) is 4.72 Å². The van der Waals surface area contributed by atoms with E-state index in [9.17, 15) is 12.8 Å². The lowest BCUT2D eigenvalue weighted by Gasteiger charge is -2.15. The van der Waals surface area contributed by atoms with Gasteiger partial charge in [0.15, 0.2) is 0 Å². The Morgan fingerprint density at radius 1 is 1.10 bits per heavy atom. The molecule has 3 nitrogen and oxygen atoms in total. The normalized spacial score (nSPS) is 13.1. The van der Waals surface area contributed by atoms with Crippen LogP contribution in [-0.4, -0.2) is 8.42 Å². The first kappa shape index (κ1) is 15.7. The first-order chi connectivity index (χ1) is 9.87. The Kier molecular flexibility index (Phi) is 4.75. The highest BCUT2D eigenvalue weighted by Crippen LogP contribution is 2.16. The van der Waals surface area contributed by atoms with E-state index in [1.54, 1.807) is 25.1 Å². The van der Waals surface area contributed by atoms with E-state index in [1.807, 2.05) is 25.1 Å². The molecule has 0 aliphatic carbocycles. The van der Waals surface area contributed by atoms with Gasteiger partial charge < -0.3 is 0 Å². The Balaban J connectivity index is 2.10. The van der Waals surface area contributed by atoms with Crippen LogP contribution in [-0.2, 0) is 15.8 Å². The van der Waals surface area contributed by atoms with Crippen LogP contribution >= 0.6 is 0 Å². The molecule has 5 heteroatoms. The first-order valence-corrected chi connectivity index (χ1v) is 8.32. The number of sulfonamides is 1. The molecule has 0 aliphatic rings. The Labute approximate surface area is 124 Å². The Hall–Kier alpha value is -1.72. The van der Waals surface area contributed by atoms with Gasteiger partial charge in [0, 0.05) is 6.04 Å². The lowest BCUT2D eigenvalue weighted by atomic mass is 10.1. The Morgan fingerprint density at radius 3 is 2.33 bits per heavy atom. The summed E-state index contributed by atoms with van der Waals surface area (Å²) < 4.78 is 39.9. The summed E-state index contributed by atoms with van der Waals surface area (Å²) in [4.78, 5) is 0. The number of benzene rings is 2. The highest BCUT2D eigenvalue weighted by Gasteiger charge is 2.17. The van der Waals surface area contributed by atoms with Crippen molar-refractivity contribution in [2.75, 3.05) is 0 Å².